The first-order valence-corrected chi connectivity index (χ1v) is 8.73. The van der Waals surface area contributed by atoms with Crippen LogP contribution in [0.5, 0.6) is 5.75 Å². The lowest BCUT2D eigenvalue weighted by Crippen LogP contribution is -2.07. The van der Waals surface area contributed by atoms with Gasteiger partial charge < -0.3 is 10.5 Å². The van der Waals surface area contributed by atoms with Crippen molar-refractivity contribution in [3.63, 3.8) is 0 Å². The molecule has 0 atom stereocenters. The van der Waals surface area contributed by atoms with Crippen molar-refractivity contribution in [3.05, 3.63) is 63.5 Å². The van der Waals surface area contributed by atoms with E-state index in [1.54, 1.807) is 24.3 Å². The highest BCUT2D eigenvalue weighted by Gasteiger charge is 2.34. The Morgan fingerprint density at radius 1 is 1.22 bits per heavy atom. The smallest absolute Gasteiger partial charge is 0.417 e. The molecule has 2 aromatic carbocycles. The van der Waals surface area contributed by atoms with E-state index in [4.69, 9.17) is 22.1 Å². The van der Waals surface area contributed by atoms with Crippen LogP contribution in [0, 0.1) is 0 Å². The summed E-state index contributed by atoms with van der Waals surface area (Å²) in [5, 5.41) is -0.376. The molecule has 0 aliphatic rings. The number of para-hydroxylation sites is 1. The molecule has 4 nitrogen and oxygen atoms in total. The van der Waals surface area contributed by atoms with Gasteiger partial charge in [0.15, 0.2) is 5.13 Å². The second-order valence-corrected chi connectivity index (χ2v) is 6.89. The number of nitrogens with two attached hydrogens (primary N) is 1. The van der Waals surface area contributed by atoms with Crippen molar-refractivity contribution in [1.82, 2.24) is 4.98 Å². The van der Waals surface area contributed by atoms with Gasteiger partial charge in [0.25, 0.3) is 0 Å². The normalized spacial score (nSPS) is 11.4. The van der Waals surface area contributed by atoms with Crippen molar-refractivity contribution < 1.29 is 22.7 Å². The first-order chi connectivity index (χ1) is 12.7. The summed E-state index contributed by atoms with van der Waals surface area (Å²) in [6.07, 6.45) is -4.64. The summed E-state index contributed by atoms with van der Waals surface area (Å²) < 4.78 is 44.7. The van der Waals surface area contributed by atoms with Crippen molar-refractivity contribution in [3.8, 4) is 17.0 Å². The largest absolute Gasteiger partial charge is 0.496 e. The first-order valence-electron chi connectivity index (χ1n) is 7.53. The molecule has 0 bridgehead atoms. The van der Waals surface area contributed by atoms with Gasteiger partial charge in [0.1, 0.15) is 10.6 Å². The van der Waals surface area contributed by atoms with Gasteiger partial charge in [-0.15, -0.1) is 0 Å². The fourth-order valence-corrected chi connectivity index (χ4v) is 3.56. The standard InChI is InChI=1S/C18H12ClF3N2O2S/c1-26-13-5-3-2-4-10(13)15(25)16-14(24-17(23)27-16)9-6-7-12(19)11(8-9)18(20,21)22/h2-8H,1H3,(H2,23,24). The number of rotatable bonds is 4. The van der Waals surface area contributed by atoms with E-state index in [1.807, 2.05) is 0 Å². The Kier molecular flexibility index (Phi) is 5.12. The maximum absolute atomic E-state index is 13.2. The lowest BCUT2D eigenvalue weighted by molar-refractivity contribution is -0.137. The molecule has 0 spiro atoms. The first kappa shape index (κ1) is 19.2. The number of ketones is 1. The van der Waals surface area contributed by atoms with Crippen molar-refractivity contribution in [1.29, 1.82) is 0 Å². The molecule has 0 aliphatic heterocycles. The second-order valence-electron chi connectivity index (χ2n) is 5.45. The quantitative estimate of drug-likeness (QED) is 0.590. The maximum atomic E-state index is 13.2. The van der Waals surface area contributed by atoms with Crippen LogP contribution in [0.15, 0.2) is 42.5 Å². The molecule has 3 rings (SSSR count). The zero-order valence-corrected chi connectivity index (χ0v) is 15.4. The highest BCUT2D eigenvalue weighted by atomic mass is 35.5. The molecule has 0 amide bonds. The minimum atomic E-state index is -4.64. The lowest BCUT2D eigenvalue weighted by atomic mass is 10.0. The van der Waals surface area contributed by atoms with Gasteiger partial charge in [-0.2, -0.15) is 13.2 Å². The number of methoxy groups -OCH3 is 1. The zero-order chi connectivity index (χ0) is 19.8. The van der Waals surface area contributed by atoms with E-state index in [2.05, 4.69) is 4.98 Å². The van der Waals surface area contributed by atoms with E-state index in [1.165, 1.54) is 13.2 Å². The molecule has 140 valence electrons. The second kappa shape index (κ2) is 7.21. The summed E-state index contributed by atoms with van der Waals surface area (Å²) >= 11 is 6.56. The Hall–Kier alpha value is -2.58. The number of halogens is 4. The number of carbonyl (C=O) groups excluding carboxylic acids is 1. The molecule has 0 fully saturated rings. The fraction of sp³-hybridized carbons (Fsp3) is 0.111. The number of benzene rings is 2. The van der Waals surface area contributed by atoms with E-state index in [0.29, 0.717) is 5.75 Å². The van der Waals surface area contributed by atoms with Crippen LogP contribution in [-0.4, -0.2) is 17.9 Å². The third-order valence-corrected chi connectivity index (χ3v) is 4.96. The average Bonchev–Trinajstić information content (AvgIpc) is 3.02. The number of carbonyl (C=O) groups is 1. The number of alkyl halides is 3. The molecule has 0 saturated heterocycles. The highest BCUT2D eigenvalue weighted by Crippen LogP contribution is 2.39. The van der Waals surface area contributed by atoms with Crippen molar-refractivity contribution in [2.75, 3.05) is 12.8 Å². The van der Waals surface area contributed by atoms with Gasteiger partial charge in [0.2, 0.25) is 5.78 Å². The summed E-state index contributed by atoms with van der Waals surface area (Å²) in [5.41, 5.74) is 5.14. The van der Waals surface area contributed by atoms with Gasteiger partial charge in [-0.3, -0.25) is 4.79 Å². The zero-order valence-electron chi connectivity index (χ0n) is 13.8. The Labute approximate surface area is 161 Å². The number of hydrogen-bond donors (Lipinski definition) is 1. The number of anilines is 1. The van der Waals surface area contributed by atoms with Crippen LogP contribution in [0.3, 0.4) is 0 Å². The summed E-state index contributed by atoms with van der Waals surface area (Å²) in [5.74, 6) is -0.104. The third kappa shape index (κ3) is 3.77. The predicted octanol–water partition coefficient (Wildman–Crippen LogP) is 5.30. The van der Waals surface area contributed by atoms with Crippen LogP contribution in [-0.2, 0) is 6.18 Å². The average molecular weight is 413 g/mol. The SMILES string of the molecule is COc1ccccc1C(=O)c1sc(N)nc1-c1ccc(Cl)c(C(F)(F)F)c1. The van der Waals surface area contributed by atoms with E-state index in [0.717, 1.165) is 23.5 Å². The monoisotopic (exact) mass is 412 g/mol. The van der Waals surface area contributed by atoms with Crippen LogP contribution in [0.2, 0.25) is 5.02 Å². The van der Waals surface area contributed by atoms with E-state index >= 15 is 0 Å². The topological polar surface area (TPSA) is 65.2 Å². The molecule has 0 unspecified atom stereocenters. The van der Waals surface area contributed by atoms with Gasteiger partial charge in [0, 0.05) is 5.56 Å². The van der Waals surface area contributed by atoms with Crippen molar-refractivity contribution in [2.24, 2.45) is 0 Å². The van der Waals surface area contributed by atoms with E-state index in [9.17, 15) is 18.0 Å². The Bertz CT molecular complexity index is 1020. The molecular formula is C18H12ClF3N2O2S. The van der Waals surface area contributed by atoms with Gasteiger partial charge >= 0.3 is 6.18 Å². The van der Waals surface area contributed by atoms with Crippen molar-refractivity contribution in [2.45, 2.75) is 6.18 Å². The number of nitrogen functional groups attached to an aromatic ring is 1. The minimum absolute atomic E-state index is 0.0618. The molecule has 0 saturated carbocycles. The van der Waals surface area contributed by atoms with Crippen molar-refractivity contribution >= 4 is 33.9 Å². The number of aromatic nitrogens is 1. The lowest BCUT2D eigenvalue weighted by Gasteiger charge is -2.11. The van der Waals surface area contributed by atoms with Gasteiger partial charge in [-0.1, -0.05) is 41.1 Å². The van der Waals surface area contributed by atoms with Gasteiger partial charge in [0.05, 0.1) is 29.0 Å². The molecule has 1 aromatic heterocycles. The predicted molar refractivity (Wildman–Crippen MR) is 98.4 cm³/mol. The number of ether oxygens (including phenoxy) is 1. The summed E-state index contributed by atoms with van der Waals surface area (Å²) in [4.78, 5) is 17.1. The molecule has 9 heteroatoms. The third-order valence-electron chi connectivity index (χ3n) is 3.75. The molecule has 3 aromatic rings. The number of nitrogens with zero attached hydrogens (tertiary/aromatic N) is 1. The Balaban J connectivity index is 2.14. The number of hydrogen-bond acceptors (Lipinski definition) is 5. The van der Waals surface area contributed by atoms with E-state index in [-0.39, 0.29) is 26.8 Å². The number of thiazole rings is 1. The Morgan fingerprint density at radius 3 is 2.59 bits per heavy atom. The van der Waals surface area contributed by atoms with Crippen LogP contribution >= 0.6 is 22.9 Å². The summed E-state index contributed by atoms with van der Waals surface area (Å²) in [6, 6.07) is 9.87. The fourth-order valence-electron chi connectivity index (χ4n) is 2.53. The summed E-state index contributed by atoms with van der Waals surface area (Å²) in [6.45, 7) is 0. The van der Waals surface area contributed by atoms with Gasteiger partial charge in [-0.05, 0) is 24.3 Å². The van der Waals surface area contributed by atoms with Crippen LogP contribution in [0.4, 0.5) is 18.3 Å². The molecule has 0 aliphatic carbocycles. The molecule has 27 heavy (non-hydrogen) atoms. The molecule has 1 heterocycles. The molecule has 0 radical (unpaired) electrons. The molecular weight excluding hydrogens is 401 g/mol. The van der Waals surface area contributed by atoms with Gasteiger partial charge in [-0.25, -0.2) is 4.98 Å². The van der Waals surface area contributed by atoms with Crippen LogP contribution in [0.1, 0.15) is 20.8 Å². The minimum Gasteiger partial charge on any atom is -0.496 e. The van der Waals surface area contributed by atoms with E-state index < -0.39 is 22.5 Å². The maximum Gasteiger partial charge on any atom is 0.417 e. The van der Waals surface area contributed by atoms with Crippen LogP contribution in [0.25, 0.3) is 11.3 Å². The Morgan fingerprint density at radius 2 is 1.93 bits per heavy atom. The molecule has 2 N–H and O–H groups in total. The summed E-state index contributed by atoms with van der Waals surface area (Å²) in [7, 11) is 1.42. The van der Waals surface area contributed by atoms with Crippen LogP contribution < -0.4 is 10.5 Å². The highest BCUT2D eigenvalue weighted by molar-refractivity contribution is 7.18.